The first kappa shape index (κ1) is 22.0. The highest BCUT2D eigenvalue weighted by atomic mass is 32.1. The molecule has 0 radical (unpaired) electrons. The molecule has 5 rings (SSSR count). The fourth-order valence-corrected chi connectivity index (χ4v) is 5.63. The van der Waals surface area contributed by atoms with Gasteiger partial charge in [0, 0.05) is 10.9 Å². The van der Waals surface area contributed by atoms with E-state index < -0.39 is 5.97 Å². The van der Waals surface area contributed by atoms with E-state index in [2.05, 4.69) is 6.07 Å². The first-order valence-electron chi connectivity index (χ1n) is 10.7. The number of carbonyl (C=O) groups is 1. The van der Waals surface area contributed by atoms with Crippen molar-refractivity contribution in [3.8, 4) is 39.6 Å². The molecule has 2 N–H and O–H groups in total. The van der Waals surface area contributed by atoms with Gasteiger partial charge in [-0.15, -0.1) is 11.3 Å². The third kappa shape index (κ3) is 3.33. The average molecular weight is 477 g/mol. The van der Waals surface area contributed by atoms with Gasteiger partial charge in [-0.2, -0.15) is 0 Å². The van der Waals surface area contributed by atoms with Crippen molar-refractivity contribution in [1.82, 2.24) is 4.98 Å². The number of aromatic nitrogens is 1. The second-order valence-electron chi connectivity index (χ2n) is 7.92. The van der Waals surface area contributed by atoms with Crippen molar-refractivity contribution in [3.63, 3.8) is 0 Å². The summed E-state index contributed by atoms with van der Waals surface area (Å²) in [5.41, 5.74) is 13.0. The summed E-state index contributed by atoms with van der Waals surface area (Å²) < 4.78 is 21.4. The van der Waals surface area contributed by atoms with Crippen LogP contribution in [0.3, 0.4) is 0 Å². The molecule has 2 aromatic carbocycles. The van der Waals surface area contributed by atoms with Crippen LogP contribution in [0.4, 0.5) is 5.69 Å². The van der Waals surface area contributed by atoms with E-state index in [1.165, 1.54) is 24.0 Å². The Morgan fingerprint density at radius 3 is 2.47 bits per heavy atom. The lowest BCUT2D eigenvalue weighted by molar-refractivity contribution is 0.0607. The minimum atomic E-state index is -0.470. The molecule has 174 valence electrons. The number of anilines is 1. The van der Waals surface area contributed by atoms with Crippen molar-refractivity contribution in [2.24, 2.45) is 0 Å². The molecule has 1 aliphatic carbocycles. The number of rotatable bonds is 5. The van der Waals surface area contributed by atoms with Crippen molar-refractivity contribution >= 4 is 33.2 Å². The molecule has 2 aromatic heterocycles. The zero-order valence-electron chi connectivity index (χ0n) is 19.4. The minimum absolute atomic E-state index is 0.351. The van der Waals surface area contributed by atoms with E-state index in [1.807, 2.05) is 30.3 Å². The Morgan fingerprint density at radius 2 is 1.76 bits per heavy atom. The van der Waals surface area contributed by atoms with Gasteiger partial charge in [0.25, 0.3) is 0 Å². The molecule has 1 aliphatic rings. The molecule has 0 spiro atoms. The smallest absolute Gasteiger partial charge is 0.350 e. The molecule has 0 fully saturated rings. The van der Waals surface area contributed by atoms with Gasteiger partial charge in [-0.05, 0) is 65.4 Å². The number of nitrogens with zero attached hydrogens (tertiary/aromatic N) is 1. The zero-order valence-corrected chi connectivity index (χ0v) is 20.2. The van der Waals surface area contributed by atoms with E-state index in [0.29, 0.717) is 26.9 Å². The van der Waals surface area contributed by atoms with Crippen LogP contribution in [-0.2, 0) is 17.6 Å². The number of esters is 1. The standard InChI is InChI=1S/C26H24N2O5S/c1-30-15-7-9-16-13(11-15)5-8-17-20(14-6-10-18(31-2)19(12-14)32-3)21-22(27)24(26(29)33-4)34-25(21)28-23(16)17/h6-7,9-12H,5,8,27H2,1-4H3. The topological polar surface area (TPSA) is 92.9 Å². The van der Waals surface area contributed by atoms with E-state index in [4.69, 9.17) is 29.7 Å². The Hall–Kier alpha value is -3.78. The molecule has 0 aliphatic heterocycles. The predicted octanol–water partition coefficient (Wildman–Crippen LogP) is 5.12. The minimum Gasteiger partial charge on any atom is -0.497 e. The number of fused-ring (bicyclic) bond motifs is 4. The molecule has 7 nitrogen and oxygen atoms in total. The van der Waals surface area contributed by atoms with Gasteiger partial charge in [0.1, 0.15) is 15.5 Å². The molecular weight excluding hydrogens is 452 g/mol. The normalized spacial score (nSPS) is 12.1. The van der Waals surface area contributed by atoms with Crippen LogP contribution in [0.1, 0.15) is 20.8 Å². The summed E-state index contributed by atoms with van der Waals surface area (Å²) in [6, 6.07) is 11.8. The molecule has 0 atom stereocenters. The quantitative estimate of drug-likeness (QED) is 0.400. The van der Waals surface area contributed by atoms with E-state index in [1.54, 1.807) is 21.3 Å². The Morgan fingerprint density at radius 1 is 0.971 bits per heavy atom. The maximum absolute atomic E-state index is 12.5. The molecule has 0 saturated carbocycles. The van der Waals surface area contributed by atoms with E-state index >= 15 is 0 Å². The second-order valence-corrected chi connectivity index (χ2v) is 8.92. The lowest BCUT2D eigenvalue weighted by Crippen LogP contribution is -2.09. The molecule has 0 saturated heterocycles. The van der Waals surface area contributed by atoms with Crippen LogP contribution >= 0.6 is 11.3 Å². The first-order valence-corrected chi connectivity index (χ1v) is 11.5. The number of pyridine rings is 1. The largest absolute Gasteiger partial charge is 0.497 e. The number of thiophene rings is 1. The maximum Gasteiger partial charge on any atom is 0.350 e. The van der Waals surface area contributed by atoms with E-state index in [0.717, 1.165) is 51.9 Å². The van der Waals surface area contributed by atoms with Crippen LogP contribution in [-0.4, -0.2) is 39.4 Å². The highest BCUT2D eigenvalue weighted by Gasteiger charge is 2.28. The number of aryl methyl sites for hydroxylation is 1. The van der Waals surface area contributed by atoms with Crippen LogP contribution in [0.15, 0.2) is 36.4 Å². The number of ether oxygens (including phenoxy) is 4. The summed E-state index contributed by atoms with van der Waals surface area (Å²) in [5.74, 6) is 1.59. The molecule has 4 aromatic rings. The Bertz CT molecular complexity index is 1440. The molecule has 8 heteroatoms. The average Bonchev–Trinajstić information content (AvgIpc) is 3.21. The van der Waals surface area contributed by atoms with Crippen molar-refractivity contribution in [1.29, 1.82) is 0 Å². The highest BCUT2D eigenvalue weighted by molar-refractivity contribution is 7.21. The van der Waals surface area contributed by atoms with Crippen molar-refractivity contribution in [2.75, 3.05) is 34.2 Å². The van der Waals surface area contributed by atoms with Gasteiger partial charge in [-0.25, -0.2) is 9.78 Å². The summed E-state index contributed by atoms with van der Waals surface area (Å²) >= 11 is 1.25. The third-order valence-corrected chi connectivity index (χ3v) is 7.31. The molecule has 0 bridgehead atoms. The number of hydrogen-bond acceptors (Lipinski definition) is 8. The summed E-state index contributed by atoms with van der Waals surface area (Å²) in [5, 5.41) is 0.758. The molecule has 0 amide bonds. The molecular formula is C26H24N2O5S. The van der Waals surface area contributed by atoms with E-state index in [9.17, 15) is 4.79 Å². The summed E-state index contributed by atoms with van der Waals surface area (Å²) in [6.07, 6.45) is 1.60. The number of hydrogen-bond donors (Lipinski definition) is 1. The van der Waals surface area contributed by atoms with Crippen LogP contribution in [0, 0.1) is 0 Å². The van der Waals surface area contributed by atoms with E-state index in [-0.39, 0.29) is 0 Å². The molecule has 0 unspecified atom stereocenters. The van der Waals surface area contributed by atoms with Crippen LogP contribution < -0.4 is 19.9 Å². The lowest BCUT2D eigenvalue weighted by Gasteiger charge is -2.23. The number of methoxy groups -OCH3 is 4. The SMILES string of the molecule is COC(=O)c1sc2nc3c(c(-c4ccc(OC)c(OC)c4)c2c1N)CCc1cc(OC)ccc1-3. The highest BCUT2D eigenvalue weighted by Crippen LogP contribution is 2.48. The van der Waals surface area contributed by atoms with Gasteiger partial charge in [0.05, 0.1) is 39.8 Å². The Kier molecular flexibility index (Phi) is 5.53. The number of nitrogens with two attached hydrogens (primary N) is 1. The maximum atomic E-state index is 12.5. The Balaban J connectivity index is 1.86. The van der Waals surface area contributed by atoms with Gasteiger partial charge < -0.3 is 24.7 Å². The van der Waals surface area contributed by atoms with Crippen LogP contribution in [0.2, 0.25) is 0 Å². The fourth-order valence-electron chi connectivity index (χ4n) is 4.61. The summed E-state index contributed by atoms with van der Waals surface area (Å²) in [7, 11) is 6.23. The van der Waals surface area contributed by atoms with Crippen LogP contribution in [0.25, 0.3) is 32.6 Å². The van der Waals surface area contributed by atoms with Gasteiger partial charge >= 0.3 is 5.97 Å². The number of nitrogen functional groups attached to an aromatic ring is 1. The van der Waals surface area contributed by atoms with Crippen molar-refractivity contribution in [2.45, 2.75) is 12.8 Å². The van der Waals surface area contributed by atoms with Gasteiger partial charge in [0.15, 0.2) is 11.5 Å². The lowest BCUT2D eigenvalue weighted by atomic mass is 9.83. The fraction of sp³-hybridized carbons (Fsp3) is 0.231. The Labute approximate surface area is 201 Å². The molecule has 34 heavy (non-hydrogen) atoms. The summed E-state index contributed by atoms with van der Waals surface area (Å²) in [4.78, 5) is 18.5. The predicted molar refractivity (Wildman–Crippen MR) is 133 cm³/mol. The number of carbonyl (C=O) groups excluding carboxylic acids is 1. The number of benzene rings is 2. The van der Waals surface area contributed by atoms with Gasteiger partial charge in [-0.3, -0.25) is 0 Å². The third-order valence-electron chi connectivity index (χ3n) is 6.23. The van der Waals surface area contributed by atoms with Crippen LogP contribution in [0.5, 0.6) is 17.2 Å². The van der Waals surface area contributed by atoms with Gasteiger partial charge in [0.2, 0.25) is 0 Å². The first-order chi connectivity index (χ1) is 16.5. The van der Waals surface area contributed by atoms with Crippen molar-refractivity contribution < 1.29 is 23.7 Å². The second kappa shape index (κ2) is 8.53. The molecule has 2 heterocycles. The summed E-state index contributed by atoms with van der Waals surface area (Å²) in [6.45, 7) is 0. The monoisotopic (exact) mass is 476 g/mol. The zero-order chi connectivity index (χ0) is 24.0. The van der Waals surface area contributed by atoms with Crippen molar-refractivity contribution in [3.05, 3.63) is 52.4 Å². The van der Waals surface area contributed by atoms with Gasteiger partial charge in [-0.1, -0.05) is 6.07 Å².